The SMILES string of the molecule is Cc1cc(NC(=O)COc2ccc(Cl)cc2)n(-c2nc3c(cnn3-c3ccc(Cl)cc3)c(=O)[nH]2)n1. The van der Waals surface area contributed by atoms with E-state index in [-0.39, 0.29) is 12.6 Å². The average Bonchev–Trinajstić information content (AvgIpc) is 3.43. The minimum Gasteiger partial charge on any atom is -0.484 e. The van der Waals surface area contributed by atoms with E-state index in [1.54, 1.807) is 61.5 Å². The first-order valence-electron chi connectivity index (χ1n) is 10.4. The molecule has 0 radical (unpaired) electrons. The molecule has 5 aromatic rings. The Morgan fingerprint density at radius 2 is 1.74 bits per heavy atom. The van der Waals surface area contributed by atoms with Gasteiger partial charge in [0.25, 0.3) is 11.5 Å². The summed E-state index contributed by atoms with van der Waals surface area (Å²) in [5.41, 5.74) is 1.20. The van der Waals surface area contributed by atoms with Gasteiger partial charge in [-0.1, -0.05) is 23.2 Å². The number of aryl methyl sites for hydroxylation is 1. The Kier molecular flexibility index (Phi) is 5.98. The van der Waals surface area contributed by atoms with Crippen LogP contribution in [0.1, 0.15) is 5.69 Å². The molecule has 0 aliphatic carbocycles. The fraction of sp³-hybridized carbons (Fsp3) is 0.0870. The van der Waals surface area contributed by atoms with Gasteiger partial charge in [0.2, 0.25) is 5.95 Å². The number of nitrogens with zero attached hydrogens (tertiary/aromatic N) is 5. The number of hydrogen-bond donors (Lipinski definition) is 2. The Bertz CT molecular complexity index is 1590. The molecule has 0 spiro atoms. The lowest BCUT2D eigenvalue weighted by molar-refractivity contribution is -0.118. The highest BCUT2D eigenvalue weighted by Crippen LogP contribution is 2.20. The zero-order chi connectivity index (χ0) is 24.5. The van der Waals surface area contributed by atoms with E-state index < -0.39 is 11.5 Å². The van der Waals surface area contributed by atoms with Gasteiger partial charge < -0.3 is 10.1 Å². The van der Waals surface area contributed by atoms with Crippen LogP contribution in [0.15, 0.2) is 65.6 Å². The first-order chi connectivity index (χ1) is 16.9. The number of benzene rings is 2. The summed E-state index contributed by atoms with van der Waals surface area (Å²) in [4.78, 5) is 32.6. The summed E-state index contributed by atoms with van der Waals surface area (Å²) >= 11 is 11.9. The smallest absolute Gasteiger partial charge is 0.263 e. The molecule has 0 atom stereocenters. The normalized spacial score (nSPS) is 11.1. The van der Waals surface area contributed by atoms with Crippen LogP contribution in [0.2, 0.25) is 10.0 Å². The van der Waals surface area contributed by atoms with Crippen LogP contribution in [-0.2, 0) is 4.79 Å². The van der Waals surface area contributed by atoms with Crippen LogP contribution in [0, 0.1) is 6.92 Å². The third-order valence-electron chi connectivity index (χ3n) is 4.98. The Morgan fingerprint density at radius 3 is 2.46 bits per heavy atom. The first kappa shape index (κ1) is 22.6. The van der Waals surface area contributed by atoms with Crippen LogP contribution >= 0.6 is 23.2 Å². The van der Waals surface area contributed by atoms with Crippen molar-refractivity contribution in [2.24, 2.45) is 0 Å². The number of carbonyl (C=O) groups is 1. The molecule has 0 saturated carbocycles. The van der Waals surface area contributed by atoms with Crippen LogP contribution in [0.3, 0.4) is 0 Å². The maximum Gasteiger partial charge on any atom is 0.263 e. The van der Waals surface area contributed by atoms with E-state index >= 15 is 0 Å². The molecule has 0 aliphatic rings. The highest BCUT2D eigenvalue weighted by Gasteiger charge is 2.17. The minimum atomic E-state index is -0.421. The largest absolute Gasteiger partial charge is 0.484 e. The molecule has 0 unspecified atom stereocenters. The molecule has 0 bridgehead atoms. The summed E-state index contributed by atoms with van der Waals surface area (Å²) < 4.78 is 8.36. The van der Waals surface area contributed by atoms with Gasteiger partial charge in [0.15, 0.2) is 12.3 Å². The van der Waals surface area contributed by atoms with E-state index in [1.165, 1.54) is 15.6 Å². The topological polar surface area (TPSA) is 120 Å². The maximum absolute atomic E-state index is 12.8. The van der Waals surface area contributed by atoms with Crippen LogP contribution in [0.5, 0.6) is 5.75 Å². The molecule has 12 heteroatoms. The molecule has 2 N–H and O–H groups in total. The lowest BCUT2D eigenvalue weighted by Crippen LogP contribution is -2.23. The van der Waals surface area contributed by atoms with E-state index in [2.05, 4.69) is 25.5 Å². The van der Waals surface area contributed by atoms with Crippen LogP contribution in [0.4, 0.5) is 5.82 Å². The lowest BCUT2D eigenvalue weighted by Gasteiger charge is -2.10. The maximum atomic E-state index is 12.8. The van der Waals surface area contributed by atoms with Gasteiger partial charge in [0.1, 0.15) is 17.0 Å². The molecular formula is C23H17Cl2N7O3. The Hall–Kier alpha value is -4.15. The second kappa shape index (κ2) is 9.24. The molecule has 10 nitrogen and oxygen atoms in total. The number of halogens is 2. The van der Waals surface area contributed by atoms with Gasteiger partial charge in [-0.15, -0.1) is 0 Å². The third kappa shape index (κ3) is 4.75. The van der Waals surface area contributed by atoms with Crippen molar-refractivity contribution in [1.29, 1.82) is 0 Å². The molecular weight excluding hydrogens is 493 g/mol. The van der Waals surface area contributed by atoms with E-state index in [0.717, 1.165) is 0 Å². The zero-order valence-electron chi connectivity index (χ0n) is 18.2. The van der Waals surface area contributed by atoms with Gasteiger partial charge in [-0.3, -0.25) is 14.6 Å². The van der Waals surface area contributed by atoms with Crippen LogP contribution in [-0.4, -0.2) is 42.0 Å². The molecule has 0 aliphatic heterocycles. The number of aromatic amines is 1. The summed E-state index contributed by atoms with van der Waals surface area (Å²) in [6.45, 7) is 1.52. The Labute approximate surface area is 208 Å². The molecule has 1 amide bonds. The van der Waals surface area contributed by atoms with E-state index in [9.17, 15) is 9.59 Å². The molecule has 3 aromatic heterocycles. The van der Waals surface area contributed by atoms with Crippen molar-refractivity contribution < 1.29 is 9.53 Å². The number of H-pyrrole nitrogens is 1. The lowest BCUT2D eigenvalue weighted by atomic mass is 10.3. The van der Waals surface area contributed by atoms with Crippen molar-refractivity contribution >= 4 is 46.0 Å². The fourth-order valence-corrected chi connectivity index (χ4v) is 3.64. The van der Waals surface area contributed by atoms with Gasteiger partial charge in [0.05, 0.1) is 17.6 Å². The molecule has 2 aromatic carbocycles. The van der Waals surface area contributed by atoms with Crippen molar-refractivity contribution in [3.63, 3.8) is 0 Å². The molecule has 3 heterocycles. The molecule has 35 heavy (non-hydrogen) atoms. The van der Waals surface area contributed by atoms with Gasteiger partial charge in [0, 0.05) is 16.1 Å². The summed E-state index contributed by atoms with van der Waals surface area (Å²) in [6.07, 6.45) is 1.44. The number of amides is 1. The molecule has 0 fully saturated rings. The molecule has 5 rings (SSSR count). The quantitative estimate of drug-likeness (QED) is 0.357. The van der Waals surface area contributed by atoms with E-state index in [0.29, 0.717) is 44.0 Å². The number of hydrogen-bond acceptors (Lipinski definition) is 6. The van der Waals surface area contributed by atoms with E-state index in [1.807, 2.05) is 0 Å². The predicted molar refractivity (Wildman–Crippen MR) is 132 cm³/mol. The van der Waals surface area contributed by atoms with Crippen LogP contribution in [0.25, 0.3) is 22.7 Å². The highest BCUT2D eigenvalue weighted by molar-refractivity contribution is 6.30. The number of fused-ring (bicyclic) bond motifs is 1. The monoisotopic (exact) mass is 509 g/mol. The van der Waals surface area contributed by atoms with Crippen LogP contribution < -0.4 is 15.6 Å². The van der Waals surface area contributed by atoms with Gasteiger partial charge >= 0.3 is 0 Å². The number of ether oxygens (including phenoxy) is 1. The first-order valence-corrected chi connectivity index (χ1v) is 11.1. The average molecular weight is 510 g/mol. The van der Waals surface area contributed by atoms with Crippen molar-refractivity contribution in [3.05, 3.63) is 86.9 Å². The standard InChI is InChI=1S/C23H17Cl2N7O3/c1-13-10-19(27-20(33)12-35-17-8-4-15(25)5-9-17)32(30-13)23-28-21-18(22(34)29-23)11-26-31(21)16-6-2-14(24)3-7-16/h2-11H,12H2,1H3,(H,27,33)(H,28,29,34). The second-order valence-corrected chi connectivity index (χ2v) is 8.41. The second-order valence-electron chi connectivity index (χ2n) is 7.53. The number of aromatic nitrogens is 6. The van der Waals surface area contributed by atoms with Crippen molar-refractivity contribution in [3.8, 4) is 17.4 Å². The van der Waals surface area contributed by atoms with Crippen molar-refractivity contribution in [2.45, 2.75) is 6.92 Å². The summed E-state index contributed by atoms with van der Waals surface area (Å²) in [7, 11) is 0. The fourth-order valence-electron chi connectivity index (χ4n) is 3.39. The molecule has 176 valence electrons. The zero-order valence-corrected chi connectivity index (χ0v) is 19.7. The Balaban J connectivity index is 1.44. The number of nitrogens with one attached hydrogen (secondary N) is 2. The Morgan fingerprint density at radius 1 is 1.06 bits per heavy atom. The van der Waals surface area contributed by atoms with Crippen molar-refractivity contribution in [2.75, 3.05) is 11.9 Å². The number of rotatable bonds is 6. The minimum absolute atomic E-state index is 0.111. The molecule has 0 saturated heterocycles. The van der Waals surface area contributed by atoms with E-state index in [4.69, 9.17) is 27.9 Å². The number of carbonyl (C=O) groups excluding carboxylic acids is 1. The van der Waals surface area contributed by atoms with Gasteiger partial charge in [-0.2, -0.15) is 19.9 Å². The summed E-state index contributed by atoms with van der Waals surface area (Å²) in [6, 6.07) is 15.3. The highest BCUT2D eigenvalue weighted by atomic mass is 35.5. The number of anilines is 1. The van der Waals surface area contributed by atoms with Crippen molar-refractivity contribution in [1.82, 2.24) is 29.5 Å². The predicted octanol–water partition coefficient (Wildman–Crippen LogP) is 3.93. The van der Waals surface area contributed by atoms with Gasteiger partial charge in [-0.25, -0.2) is 4.68 Å². The summed E-state index contributed by atoms with van der Waals surface area (Å²) in [5.74, 6) is 0.504. The summed E-state index contributed by atoms with van der Waals surface area (Å²) in [5, 5.41) is 12.8. The third-order valence-corrected chi connectivity index (χ3v) is 5.48. The van der Waals surface area contributed by atoms with Gasteiger partial charge in [-0.05, 0) is 55.5 Å².